The average molecular weight is 623 g/mol. The van der Waals surface area contributed by atoms with Gasteiger partial charge in [0.05, 0.1) is 0 Å². The van der Waals surface area contributed by atoms with Gasteiger partial charge in [0, 0.05) is 19.4 Å². The molecule has 45 heavy (non-hydrogen) atoms. The third kappa shape index (κ3) is 24.8. The molecule has 0 aromatic heterocycles. The van der Waals surface area contributed by atoms with Gasteiger partial charge in [0.2, 0.25) is 0 Å². The third-order valence-electron chi connectivity index (χ3n) is 7.70. The highest BCUT2D eigenvalue weighted by Gasteiger charge is 2.26. The van der Waals surface area contributed by atoms with Gasteiger partial charge in [-0.15, -0.1) is 0 Å². The Kier molecular flexibility index (Phi) is 24.2. The van der Waals surface area contributed by atoms with Crippen LogP contribution in [0.15, 0.2) is 83.1 Å². The molecule has 1 aliphatic rings. The van der Waals surface area contributed by atoms with Crippen molar-refractivity contribution >= 4 is 17.9 Å². The van der Waals surface area contributed by atoms with E-state index in [1.165, 1.54) is 88.4 Å². The van der Waals surface area contributed by atoms with Crippen LogP contribution in [-0.2, 0) is 19.1 Å². The SMILES string of the molecule is CC(=O)OC(=O)/C=C(C)/C=C/C=C(C)/C=C/C1=C(C)CCCC1(C)C.CCCCC/C=C\C/C=C\CCCCCCCC(=O)O. The molecule has 252 valence electrons. The van der Waals surface area contributed by atoms with Gasteiger partial charge in [-0.05, 0) is 95.1 Å². The summed E-state index contributed by atoms with van der Waals surface area (Å²) in [5.74, 6) is -1.91. The van der Waals surface area contributed by atoms with Crippen molar-refractivity contribution in [2.45, 2.75) is 145 Å². The number of rotatable bonds is 19. The number of carboxylic acid groups (broad SMARTS) is 1. The number of carbonyl (C=O) groups excluding carboxylic acids is 2. The summed E-state index contributed by atoms with van der Waals surface area (Å²) in [6.07, 6.45) is 37.3. The van der Waals surface area contributed by atoms with Crippen LogP contribution in [-0.4, -0.2) is 23.0 Å². The fraction of sp³-hybridized carbons (Fsp3) is 0.575. The first-order valence-corrected chi connectivity index (χ1v) is 17.0. The van der Waals surface area contributed by atoms with Crippen molar-refractivity contribution < 1.29 is 24.2 Å². The van der Waals surface area contributed by atoms with E-state index in [2.05, 4.69) is 75.8 Å². The van der Waals surface area contributed by atoms with Gasteiger partial charge in [-0.3, -0.25) is 9.59 Å². The zero-order valence-electron chi connectivity index (χ0n) is 29.5. The molecule has 0 amide bonds. The Labute approximate surface area is 275 Å². The highest BCUT2D eigenvalue weighted by atomic mass is 16.6. The molecule has 0 unspecified atom stereocenters. The predicted molar refractivity (Wildman–Crippen MR) is 190 cm³/mol. The van der Waals surface area contributed by atoms with Gasteiger partial charge in [0.15, 0.2) is 0 Å². The molecule has 0 aromatic carbocycles. The average Bonchev–Trinajstić information content (AvgIpc) is 2.94. The van der Waals surface area contributed by atoms with Crippen molar-refractivity contribution in [2.75, 3.05) is 0 Å². The van der Waals surface area contributed by atoms with Gasteiger partial charge in [-0.25, -0.2) is 4.79 Å². The number of hydrogen-bond donors (Lipinski definition) is 1. The van der Waals surface area contributed by atoms with Gasteiger partial charge in [0.1, 0.15) is 0 Å². The number of carbonyl (C=O) groups is 3. The van der Waals surface area contributed by atoms with Gasteiger partial charge in [-0.2, -0.15) is 0 Å². The van der Waals surface area contributed by atoms with Crippen molar-refractivity contribution in [1.82, 2.24) is 0 Å². The lowest BCUT2D eigenvalue weighted by Gasteiger charge is -2.32. The fourth-order valence-electron chi connectivity index (χ4n) is 5.13. The topological polar surface area (TPSA) is 80.7 Å². The first-order chi connectivity index (χ1) is 21.4. The van der Waals surface area contributed by atoms with Crippen LogP contribution in [0.4, 0.5) is 0 Å². The summed E-state index contributed by atoms with van der Waals surface area (Å²) >= 11 is 0. The van der Waals surface area contributed by atoms with Crippen LogP contribution in [0.5, 0.6) is 0 Å². The summed E-state index contributed by atoms with van der Waals surface area (Å²) in [4.78, 5) is 32.4. The maximum absolute atomic E-state index is 11.3. The predicted octanol–water partition coefficient (Wildman–Crippen LogP) is 11.5. The standard InChI is InChI=1S/C22H30O3.C18H32O2/c1-16(9-7-10-17(2)15-21(24)25-19(4)23)12-13-20-18(3)11-8-14-22(20,5)6;1-2-3-4-5-6-7-8-9-10-11-12-13-14-15-16-17-18(19)20/h7,9-10,12-13,15H,8,11,14H2,1-6H3;6-7,9-10H,2-5,8,11-17H2,1H3,(H,19,20)/b10-7+,13-12+,16-9+,17-15+;7-6-,10-9-. The molecule has 0 bridgehead atoms. The Balaban J connectivity index is 0.000000884. The lowest BCUT2D eigenvalue weighted by molar-refractivity contribution is -0.154. The molecule has 0 heterocycles. The second-order valence-electron chi connectivity index (χ2n) is 12.7. The Morgan fingerprint density at radius 3 is 2.07 bits per heavy atom. The van der Waals surface area contributed by atoms with E-state index in [0.717, 1.165) is 36.8 Å². The number of ether oxygens (including phenoxy) is 1. The fourth-order valence-corrected chi connectivity index (χ4v) is 5.13. The normalized spacial score (nSPS) is 15.7. The highest BCUT2D eigenvalue weighted by molar-refractivity contribution is 5.91. The van der Waals surface area contributed by atoms with Crippen LogP contribution >= 0.6 is 0 Å². The van der Waals surface area contributed by atoms with Crippen LogP contribution < -0.4 is 0 Å². The number of hydrogen-bond acceptors (Lipinski definition) is 4. The summed E-state index contributed by atoms with van der Waals surface area (Å²) < 4.78 is 4.46. The van der Waals surface area contributed by atoms with E-state index in [4.69, 9.17) is 5.11 Å². The van der Waals surface area contributed by atoms with Crippen molar-refractivity contribution in [3.8, 4) is 0 Å². The molecule has 0 saturated carbocycles. The highest BCUT2D eigenvalue weighted by Crippen LogP contribution is 2.40. The molecular weight excluding hydrogens is 560 g/mol. The van der Waals surface area contributed by atoms with Gasteiger partial charge >= 0.3 is 17.9 Å². The number of allylic oxidation sites excluding steroid dienone is 13. The smallest absolute Gasteiger partial charge is 0.338 e. The van der Waals surface area contributed by atoms with Crippen LogP contribution in [0.25, 0.3) is 0 Å². The molecule has 1 N–H and O–H groups in total. The number of carboxylic acids is 1. The Morgan fingerprint density at radius 1 is 0.844 bits per heavy atom. The molecule has 0 radical (unpaired) electrons. The van der Waals surface area contributed by atoms with E-state index in [1.807, 2.05) is 18.2 Å². The largest absolute Gasteiger partial charge is 0.481 e. The molecule has 0 atom stereocenters. The molecule has 0 spiro atoms. The summed E-state index contributed by atoms with van der Waals surface area (Å²) in [6.45, 7) is 14.1. The Bertz CT molecular complexity index is 1090. The number of unbranched alkanes of at least 4 members (excludes halogenated alkanes) is 8. The van der Waals surface area contributed by atoms with Crippen molar-refractivity contribution in [3.63, 3.8) is 0 Å². The van der Waals surface area contributed by atoms with Gasteiger partial charge in [0.25, 0.3) is 0 Å². The number of aliphatic carboxylic acids is 1. The van der Waals surface area contributed by atoms with Crippen LogP contribution in [0.3, 0.4) is 0 Å². The lowest BCUT2D eigenvalue weighted by atomic mass is 9.72. The lowest BCUT2D eigenvalue weighted by Crippen LogP contribution is -2.19. The van der Waals surface area contributed by atoms with E-state index < -0.39 is 17.9 Å². The number of esters is 2. The summed E-state index contributed by atoms with van der Waals surface area (Å²) in [5, 5.41) is 8.50. The van der Waals surface area contributed by atoms with Crippen LogP contribution in [0.1, 0.15) is 145 Å². The van der Waals surface area contributed by atoms with Gasteiger partial charge < -0.3 is 9.84 Å². The van der Waals surface area contributed by atoms with E-state index >= 15 is 0 Å². The molecule has 0 aliphatic heterocycles. The minimum atomic E-state index is -0.671. The minimum absolute atomic E-state index is 0.241. The first-order valence-electron chi connectivity index (χ1n) is 17.0. The van der Waals surface area contributed by atoms with Crippen LogP contribution in [0.2, 0.25) is 0 Å². The zero-order chi connectivity index (χ0) is 33.9. The molecule has 0 saturated heterocycles. The maximum atomic E-state index is 11.3. The van der Waals surface area contributed by atoms with Crippen LogP contribution in [0, 0.1) is 5.41 Å². The van der Waals surface area contributed by atoms with E-state index in [9.17, 15) is 14.4 Å². The van der Waals surface area contributed by atoms with Crippen molar-refractivity contribution in [1.29, 1.82) is 0 Å². The van der Waals surface area contributed by atoms with E-state index in [0.29, 0.717) is 6.42 Å². The zero-order valence-corrected chi connectivity index (χ0v) is 29.5. The first kappa shape index (κ1) is 41.8. The molecule has 1 aliphatic carbocycles. The summed E-state index contributed by atoms with van der Waals surface area (Å²) in [7, 11) is 0. The maximum Gasteiger partial charge on any atom is 0.338 e. The molecule has 5 nitrogen and oxygen atoms in total. The minimum Gasteiger partial charge on any atom is -0.481 e. The summed E-state index contributed by atoms with van der Waals surface area (Å²) in [5.41, 5.74) is 5.03. The molecule has 5 heteroatoms. The summed E-state index contributed by atoms with van der Waals surface area (Å²) in [6, 6.07) is 0. The molecule has 0 fully saturated rings. The Hall–Kier alpha value is -3.21. The molecule has 0 aromatic rings. The van der Waals surface area contributed by atoms with Gasteiger partial charge in [-0.1, -0.05) is 119 Å². The Morgan fingerprint density at radius 2 is 1.47 bits per heavy atom. The van der Waals surface area contributed by atoms with E-state index in [1.54, 1.807) is 6.92 Å². The third-order valence-corrected chi connectivity index (χ3v) is 7.70. The van der Waals surface area contributed by atoms with Crippen molar-refractivity contribution in [3.05, 3.63) is 83.1 Å². The second kappa shape index (κ2) is 26.1. The second-order valence-corrected chi connectivity index (χ2v) is 12.7. The molecule has 1 rings (SSSR count). The van der Waals surface area contributed by atoms with E-state index in [-0.39, 0.29) is 5.41 Å². The van der Waals surface area contributed by atoms with Crippen molar-refractivity contribution in [2.24, 2.45) is 5.41 Å². The quantitative estimate of drug-likeness (QED) is 0.0387. The molecular formula is C40H62O5. The monoisotopic (exact) mass is 622 g/mol.